The van der Waals surface area contributed by atoms with Gasteiger partial charge in [0.2, 0.25) is 11.8 Å². The van der Waals surface area contributed by atoms with Gasteiger partial charge in [0, 0.05) is 13.1 Å². The zero-order valence-corrected chi connectivity index (χ0v) is 8.28. The van der Waals surface area contributed by atoms with Crippen LogP contribution in [0, 0.1) is 0 Å². The van der Waals surface area contributed by atoms with Gasteiger partial charge >= 0.3 is 6.03 Å². The number of nitrogens with zero attached hydrogens (tertiary/aromatic N) is 1. The van der Waals surface area contributed by atoms with E-state index in [1.54, 1.807) is 4.90 Å². The molecule has 2 saturated heterocycles. The highest BCUT2D eigenvalue weighted by Gasteiger charge is 2.33. The van der Waals surface area contributed by atoms with Crippen LogP contribution in [-0.4, -0.2) is 41.9 Å². The molecule has 15 heavy (non-hydrogen) atoms. The third-order valence-electron chi connectivity index (χ3n) is 2.66. The van der Waals surface area contributed by atoms with Crippen molar-refractivity contribution in [2.24, 2.45) is 0 Å². The predicted octanol–water partition coefficient (Wildman–Crippen LogP) is -0.793. The second-order valence-corrected chi connectivity index (χ2v) is 3.81. The lowest BCUT2D eigenvalue weighted by atomic mass is 10.1. The van der Waals surface area contributed by atoms with Crippen LogP contribution in [0.15, 0.2) is 0 Å². The SMILES string of the molecule is O=C1CC(C(=O)N2CCCC2)NC(=O)N1. The molecular weight excluding hydrogens is 198 g/mol. The molecule has 0 aromatic rings. The number of amides is 4. The summed E-state index contributed by atoms with van der Waals surface area (Å²) < 4.78 is 0. The summed E-state index contributed by atoms with van der Waals surface area (Å²) in [6.45, 7) is 1.46. The summed E-state index contributed by atoms with van der Waals surface area (Å²) in [5.41, 5.74) is 0. The van der Waals surface area contributed by atoms with Crippen molar-refractivity contribution in [3.63, 3.8) is 0 Å². The van der Waals surface area contributed by atoms with E-state index in [4.69, 9.17) is 0 Å². The Kier molecular flexibility index (Phi) is 2.57. The molecule has 2 aliphatic heterocycles. The van der Waals surface area contributed by atoms with Gasteiger partial charge in [0.1, 0.15) is 6.04 Å². The van der Waals surface area contributed by atoms with Gasteiger partial charge in [-0.15, -0.1) is 0 Å². The third kappa shape index (κ3) is 2.08. The molecule has 1 unspecified atom stereocenters. The van der Waals surface area contributed by atoms with Crippen molar-refractivity contribution in [3.05, 3.63) is 0 Å². The zero-order chi connectivity index (χ0) is 10.8. The van der Waals surface area contributed by atoms with E-state index in [2.05, 4.69) is 10.6 Å². The van der Waals surface area contributed by atoms with Crippen molar-refractivity contribution in [3.8, 4) is 0 Å². The lowest BCUT2D eigenvalue weighted by Crippen LogP contribution is -2.57. The van der Waals surface area contributed by atoms with Crippen molar-refractivity contribution < 1.29 is 14.4 Å². The molecule has 2 heterocycles. The fourth-order valence-corrected chi connectivity index (χ4v) is 1.92. The normalized spacial score (nSPS) is 26.1. The van der Waals surface area contributed by atoms with Gasteiger partial charge in [-0.25, -0.2) is 4.79 Å². The van der Waals surface area contributed by atoms with Gasteiger partial charge in [0.05, 0.1) is 6.42 Å². The number of hydrogen-bond acceptors (Lipinski definition) is 3. The summed E-state index contributed by atoms with van der Waals surface area (Å²) in [5, 5.41) is 4.56. The first-order valence-corrected chi connectivity index (χ1v) is 5.06. The molecule has 2 aliphatic rings. The maximum atomic E-state index is 11.8. The Morgan fingerprint density at radius 2 is 1.93 bits per heavy atom. The Morgan fingerprint density at radius 1 is 1.27 bits per heavy atom. The van der Waals surface area contributed by atoms with Crippen LogP contribution in [0.4, 0.5) is 4.79 Å². The summed E-state index contributed by atoms with van der Waals surface area (Å²) in [6.07, 6.45) is 2.04. The Balaban J connectivity index is 1.99. The van der Waals surface area contributed by atoms with Crippen LogP contribution in [0.1, 0.15) is 19.3 Å². The zero-order valence-electron chi connectivity index (χ0n) is 8.28. The molecule has 0 aromatic heterocycles. The summed E-state index contributed by atoms with van der Waals surface area (Å²) in [7, 11) is 0. The Bertz CT molecular complexity index is 294. The van der Waals surface area contributed by atoms with Crippen molar-refractivity contribution >= 4 is 17.8 Å². The Hall–Kier alpha value is -1.59. The molecule has 2 rings (SSSR count). The highest BCUT2D eigenvalue weighted by molar-refractivity contribution is 6.02. The van der Waals surface area contributed by atoms with E-state index in [9.17, 15) is 14.4 Å². The molecular formula is C9H13N3O3. The van der Waals surface area contributed by atoms with Gasteiger partial charge in [-0.2, -0.15) is 0 Å². The average Bonchev–Trinajstić information content (AvgIpc) is 2.67. The van der Waals surface area contributed by atoms with Gasteiger partial charge in [-0.05, 0) is 12.8 Å². The van der Waals surface area contributed by atoms with E-state index in [1.165, 1.54) is 0 Å². The maximum Gasteiger partial charge on any atom is 0.322 e. The molecule has 6 nitrogen and oxygen atoms in total. The number of nitrogens with one attached hydrogen (secondary N) is 2. The van der Waals surface area contributed by atoms with Gasteiger partial charge in [0.25, 0.3) is 0 Å². The quantitative estimate of drug-likeness (QED) is 0.596. The molecule has 6 heteroatoms. The summed E-state index contributed by atoms with van der Waals surface area (Å²) in [5.74, 6) is -0.535. The lowest BCUT2D eigenvalue weighted by Gasteiger charge is -2.26. The summed E-state index contributed by atoms with van der Waals surface area (Å²) in [6, 6.07) is -1.26. The van der Waals surface area contributed by atoms with E-state index >= 15 is 0 Å². The van der Waals surface area contributed by atoms with Crippen molar-refractivity contribution in [1.29, 1.82) is 0 Å². The van der Waals surface area contributed by atoms with Crippen molar-refractivity contribution in [2.75, 3.05) is 13.1 Å². The topological polar surface area (TPSA) is 78.5 Å². The first-order valence-electron chi connectivity index (χ1n) is 5.06. The number of imide groups is 1. The highest BCUT2D eigenvalue weighted by atomic mass is 16.2. The number of urea groups is 1. The number of rotatable bonds is 1. The molecule has 4 amide bonds. The smallest absolute Gasteiger partial charge is 0.322 e. The predicted molar refractivity (Wildman–Crippen MR) is 50.9 cm³/mol. The molecule has 0 saturated carbocycles. The van der Waals surface area contributed by atoms with Crippen LogP contribution >= 0.6 is 0 Å². The molecule has 1 atom stereocenters. The highest BCUT2D eigenvalue weighted by Crippen LogP contribution is 2.11. The largest absolute Gasteiger partial charge is 0.341 e. The number of carbonyl (C=O) groups excluding carboxylic acids is 3. The number of hydrogen-bond donors (Lipinski definition) is 2. The fourth-order valence-electron chi connectivity index (χ4n) is 1.92. The molecule has 0 spiro atoms. The first-order chi connectivity index (χ1) is 7.16. The van der Waals surface area contributed by atoms with E-state index in [0.717, 1.165) is 25.9 Å². The molecule has 2 N–H and O–H groups in total. The second kappa shape index (κ2) is 3.88. The molecule has 0 aliphatic carbocycles. The number of carbonyl (C=O) groups is 3. The van der Waals surface area contributed by atoms with E-state index < -0.39 is 18.0 Å². The van der Waals surface area contributed by atoms with Gasteiger partial charge < -0.3 is 10.2 Å². The lowest BCUT2D eigenvalue weighted by molar-refractivity contribution is -0.135. The van der Waals surface area contributed by atoms with Gasteiger partial charge in [-0.3, -0.25) is 14.9 Å². The van der Waals surface area contributed by atoms with Crippen LogP contribution in [0.2, 0.25) is 0 Å². The average molecular weight is 211 g/mol. The fraction of sp³-hybridized carbons (Fsp3) is 0.667. The number of likely N-dealkylation sites (tertiary alicyclic amines) is 1. The van der Waals surface area contributed by atoms with Crippen LogP contribution < -0.4 is 10.6 Å². The minimum atomic E-state index is -0.677. The minimum absolute atomic E-state index is 0.0427. The van der Waals surface area contributed by atoms with E-state index in [1.807, 2.05) is 0 Å². The Labute approximate surface area is 87.0 Å². The molecule has 2 fully saturated rings. The van der Waals surface area contributed by atoms with Crippen LogP contribution in [0.5, 0.6) is 0 Å². The maximum absolute atomic E-state index is 11.8. The Morgan fingerprint density at radius 3 is 2.53 bits per heavy atom. The summed E-state index contributed by atoms with van der Waals surface area (Å²) in [4.78, 5) is 35.6. The van der Waals surface area contributed by atoms with Crippen LogP contribution in [0.3, 0.4) is 0 Å². The standard InChI is InChI=1S/C9H13N3O3/c13-7-5-6(10-9(15)11-7)8(14)12-3-1-2-4-12/h6H,1-5H2,(H2,10,11,13,15). The first kappa shape index (κ1) is 9.95. The van der Waals surface area contributed by atoms with E-state index in [-0.39, 0.29) is 12.3 Å². The molecule has 82 valence electrons. The molecule has 0 aromatic carbocycles. The van der Waals surface area contributed by atoms with Crippen molar-refractivity contribution in [1.82, 2.24) is 15.5 Å². The van der Waals surface area contributed by atoms with Gasteiger partial charge in [0.15, 0.2) is 0 Å². The van der Waals surface area contributed by atoms with Crippen LogP contribution in [-0.2, 0) is 9.59 Å². The van der Waals surface area contributed by atoms with E-state index in [0.29, 0.717) is 0 Å². The second-order valence-electron chi connectivity index (χ2n) is 3.81. The van der Waals surface area contributed by atoms with Gasteiger partial charge in [-0.1, -0.05) is 0 Å². The monoisotopic (exact) mass is 211 g/mol. The van der Waals surface area contributed by atoms with Crippen LogP contribution in [0.25, 0.3) is 0 Å². The molecule has 0 radical (unpaired) electrons. The molecule has 0 bridgehead atoms. The third-order valence-corrected chi connectivity index (χ3v) is 2.66. The van der Waals surface area contributed by atoms with Crippen molar-refractivity contribution in [2.45, 2.75) is 25.3 Å². The minimum Gasteiger partial charge on any atom is -0.341 e. The summed E-state index contributed by atoms with van der Waals surface area (Å²) >= 11 is 0.